The number of alkyl halides is 3. The zero-order valence-corrected chi connectivity index (χ0v) is 23.5. The minimum atomic E-state index is -4.22. The molecule has 0 bridgehead atoms. The summed E-state index contributed by atoms with van der Waals surface area (Å²) in [6, 6.07) is 0. The Balaban J connectivity index is 3.47. The van der Waals surface area contributed by atoms with Gasteiger partial charge in [0, 0.05) is 26.4 Å². The van der Waals surface area contributed by atoms with E-state index in [2.05, 4.69) is 4.74 Å². The van der Waals surface area contributed by atoms with Gasteiger partial charge in [0.2, 0.25) is 5.06 Å². The molecule has 1 aliphatic heterocycles. The van der Waals surface area contributed by atoms with Crippen LogP contribution in [-0.2, 0) is 33.2 Å². The molecule has 1 saturated heterocycles. The lowest BCUT2D eigenvalue weighted by molar-refractivity contribution is -0.319. The molecule has 0 aliphatic carbocycles. The number of rotatable bonds is 20. The van der Waals surface area contributed by atoms with Crippen molar-refractivity contribution >= 4 is 17.6 Å². The summed E-state index contributed by atoms with van der Waals surface area (Å²) in [6.45, 7) is 10.4. The average molecular weight is 545 g/mol. The quantitative estimate of drug-likeness (QED) is 0.107. The van der Waals surface area contributed by atoms with Crippen LogP contribution in [0.2, 0.25) is 0 Å². The SMILES string of the molecule is CCCCOC[C@H]1OC(Cl)(C(F)(F)C(=O)OCC)[C@H](OCCCC)[C@@H](OCCCC)[C@@H]1OCCCC. The standard InChI is InChI=1S/C26H47ClF2O7/c1-6-11-15-31-19-20-21(33-16-12-7-2)22(34-17-13-8-3)23(35-18-14-9-4)25(27,36-20)26(28,29)24(30)32-10-5/h20-23H,6-19H2,1-5H3/t20-,21-,22+,23-,25?/m1/s1. The number of carbonyl (C=O) groups excluding carboxylic acids is 1. The van der Waals surface area contributed by atoms with E-state index in [4.69, 9.17) is 35.3 Å². The lowest BCUT2D eigenvalue weighted by Gasteiger charge is -2.51. The molecule has 0 radical (unpaired) electrons. The summed E-state index contributed by atoms with van der Waals surface area (Å²) >= 11 is 6.62. The fourth-order valence-corrected chi connectivity index (χ4v) is 4.19. The minimum absolute atomic E-state index is 0.0422. The first-order valence-corrected chi connectivity index (χ1v) is 14.0. The van der Waals surface area contributed by atoms with Crippen LogP contribution in [0.3, 0.4) is 0 Å². The minimum Gasteiger partial charge on any atom is -0.461 e. The van der Waals surface area contributed by atoms with Gasteiger partial charge in [0.15, 0.2) is 0 Å². The van der Waals surface area contributed by atoms with Crippen LogP contribution in [0, 0.1) is 0 Å². The van der Waals surface area contributed by atoms with Crippen LogP contribution < -0.4 is 0 Å². The van der Waals surface area contributed by atoms with Gasteiger partial charge >= 0.3 is 11.9 Å². The number of ether oxygens (including phenoxy) is 6. The third-order valence-corrected chi connectivity index (χ3v) is 6.51. The van der Waals surface area contributed by atoms with Crippen molar-refractivity contribution in [2.75, 3.05) is 39.6 Å². The summed E-state index contributed by atoms with van der Waals surface area (Å²) in [4.78, 5) is 12.4. The Morgan fingerprint density at radius 1 is 0.833 bits per heavy atom. The largest absolute Gasteiger partial charge is 0.461 e. The van der Waals surface area contributed by atoms with Gasteiger partial charge in [-0.05, 0) is 32.6 Å². The molecular formula is C26H47ClF2O7. The van der Waals surface area contributed by atoms with Crippen molar-refractivity contribution in [3.05, 3.63) is 0 Å². The van der Waals surface area contributed by atoms with Crippen LogP contribution in [0.5, 0.6) is 0 Å². The van der Waals surface area contributed by atoms with Crippen LogP contribution in [0.25, 0.3) is 0 Å². The summed E-state index contributed by atoms with van der Waals surface area (Å²) in [5, 5.41) is -2.87. The lowest BCUT2D eigenvalue weighted by atomic mass is 9.90. The molecule has 0 spiro atoms. The molecule has 1 fully saturated rings. The molecule has 1 unspecified atom stereocenters. The zero-order chi connectivity index (χ0) is 27.0. The number of unbranched alkanes of at least 4 members (excludes halogenated alkanes) is 4. The average Bonchev–Trinajstić information content (AvgIpc) is 2.85. The van der Waals surface area contributed by atoms with Crippen LogP contribution in [0.4, 0.5) is 8.78 Å². The fourth-order valence-electron chi connectivity index (χ4n) is 3.81. The highest BCUT2D eigenvalue weighted by molar-refractivity contribution is 6.26. The van der Waals surface area contributed by atoms with Crippen LogP contribution in [-0.4, -0.2) is 81.0 Å². The molecule has 36 heavy (non-hydrogen) atoms. The van der Waals surface area contributed by atoms with E-state index in [-0.39, 0.29) is 19.8 Å². The number of carbonyl (C=O) groups is 1. The second-order valence-electron chi connectivity index (χ2n) is 9.05. The summed E-state index contributed by atoms with van der Waals surface area (Å²) in [6.07, 6.45) is 2.07. The molecule has 0 aromatic carbocycles. The molecule has 214 valence electrons. The lowest BCUT2D eigenvalue weighted by Crippen LogP contribution is -2.72. The Morgan fingerprint density at radius 2 is 1.33 bits per heavy atom. The molecule has 10 heteroatoms. The van der Waals surface area contributed by atoms with Crippen molar-refractivity contribution in [1.29, 1.82) is 0 Å². The van der Waals surface area contributed by atoms with Crippen LogP contribution in [0.1, 0.15) is 86.0 Å². The van der Waals surface area contributed by atoms with Crippen molar-refractivity contribution < 1.29 is 42.0 Å². The predicted molar refractivity (Wildman–Crippen MR) is 135 cm³/mol. The van der Waals surface area contributed by atoms with E-state index in [0.717, 1.165) is 38.5 Å². The van der Waals surface area contributed by atoms with Crippen molar-refractivity contribution in [2.24, 2.45) is 0 Å². The monoisotopic (exact) mass is 544 g/mol. The van der Waals surface area contributed by atoms with E-state index in [0.29, 0.717) is 32.7 Å². The Kier molecular flexibility index (Phi) is 16.6. The van der Waals surface area contributed by atoms with Crippen molar-refractivity contribution in [2.45, 2.75) is 121 Å². The van der Waals surface area contributed by atoms with E-state index in [1.807, 2.05) is 27.7 Å². The summed E-state index contributed by atoms with van der Waals surface area (Å²) in [5.41, 5.74) is 0. The maximum absolute atomic E-state index is 15.7. The first-order valence-electron chi connectivity index (χ1n) is 13.6. The summed E-state index contributed by atoms with van der Waals surface area (Å²) < 4.78 is 65.9. The molecule has 7 nitrogen and oxygen atoms in total. The van der Waals surface area contributed by atoms with Gasteiger partial charge in [-0.3, -0.25) is 0 Å². The van der Waals surface area contributed by atoms with Gasteiger partial charge in [0.25, 0.3) is 0 Å². The van der Waals surface area contributed by atoms with Gasteiger partial charge < -0.3 is 28.4 Å². The van der Waals surface area contributed by atoms with Crippen molar-refractivity contribution in [3.63, 3.8) is 0 Å². The molecular weight excluding hydrogens is 498 g/mol. The third-order valence-electron chi connectivity index (χ3n) is 5.97. The van der Waals surface area contributed by atoms with Gasteiger partial charge in [0.05, 0.1) is 13.2 Å². The Morgan fingerprint density at radius 3 is 1.86 bits per heavy atom. The van der Waals surface area contributed by atoms with Gasteiger partial charge in [-0.2, -0.15) is 8.78 Å². The first-order chi connectivity index (χ1) is 17.2. The molecule has 0 aromatic rings. The normalized spacial score (nSPS) is 26.8. The number of esters is 1. The highest BCUT2D eigenvalue weighted by atomic mass is 35.5. The molecule has 0 amide bonds. The fraction of sp³-hybridized carbons (Fsp3) is 0.962. The molecule has 0 saturated carbocycles. The van der Waals surface area contributed by atoms with E-state index in [9.17, 15) is 4.79 Å². The van der Waals surface area contributed by atoms with Crippen LogP contribution >= 0.6 is 11.6 Å². The summed E-state index contributed by atoms with van der Waals surface area (Å²) in [7, 11) is 0. The smallest absolute Gasteiger partial charge is 0.387 e. The van der Waals surface area contributed by atoms with Gasteiger partial charge in [-0.15, -0.1) is 0 Å². The molecule has 1 aliphatic rings. The molecule has 1 heterocycles. The number of hydrogen-bond donors (Lipinski definition) is 0. The highest BCUT2D eigenvalue weighted by Crippen LogP contribution is 2.48. The van der Waals surface area contributed by atoms with E-state index >= 15 is 8.78 Å². The third kappa shape index (κ3) is 9.31. The zero-order valence-electron chi connectivity index (χ0n) is 22.7. The molecule has 0 aromatic heterocycles. The van der Waals surface area contributed by atoms with E-state index in [1.54, 1.807) is 0 Å². The van der Waals surface area contributed by atoms with Crippen molar-refractivity contribution in [1.82, 2.24) is 0 Å². The maximum Gasteiger partial charge on any atom is 0.387 e. The second-order valence-corrected chi connectivity index (χ2v) is 9.61. The maximum atomic E-state index is 15.7. The first kappa shape index (κ1) is 33.4. The predicted octanol–water partition coefficient (Wildman–Crippen LogP) is 5.89. The van der Waals surface area contributed by atoms with E-state index in [1.165, 1.54) is 6.92 Å². The van der Waals surface area contributed by atoms with Gasteiger partial charge in [-0.1, -0.05) is 65.0 Å². The second kappa shape index (κ2) is 17.8. The molecule has 0 N–H and O–H groups in total. The summed E-state index contributed by atoms with van der Waals surface area (Å²) in [5.74, 6) is -5.99. The molecule has 1 rings (SSSR count). The Bertz CT molecular complexity index is 599. The van der Waals surface area contributed by atoms with Gasteiger partial charge in [0.1, 0.15) is 24.4 Å². The van der Waals surface area contributed by atoms with Gasteiger partial charge in [-0.25, -0.2) is 4.79 Å². The Hall–Kier alpha value is -0.580. The van der Waals surface area contributed by atoms with Crippen molar-refractivity contribution in [3.8, 4) is 0 Å². The Labute approximate surface area is 220 Å². The molecule has 5 atom stereocenters. The highest BCUT2D eigenvalue weighted by Gasteiger charge is 2.71. The number of hydrogen-bond acceptors (Lipinski definition) is 7. The van der Waals surface area contributed by atoms with Crippen LogP contribution in [0.15, 0.2) is 0 Å². The topological polar surface area (TPSA) is 72.5 Å². The number of halogens is 3. The van der Waals surface area contributed by atoms with E-state index < -0.39 is 41.4 Å².